The molecule has 1 atom stereocenters. The number of allylic oxidation sites excluding steroid dienone is 1. The largest absolute Gasteiger partial charge is 0.381 e. The Balaban J connectivity index is 1.85. The van der Waals surface area contributed by atoms with E-state index in [1.165, 1.54) is 5.56 Å². The molecule has 28 heavy (non-hydrogen) atoms. The molecule has 144 valence electrons. The highest BCUT2D eigenvalue weighted by molar-refractivity contribution is 6.30. The van der Waals surface area contributed by atoms with E-state index in [0.29, 0.717) is 11.1 Å². The van der Waals surface area contributed by atoms with E-state index in [1.54, 1.807) is 6.33 Å². The average molecular weight is 394 g/mol. The van der Waals surface area contributed by atoms with Crippen LogP contribution in [-0.4, -0.2) is 27.6 Å². The van der Waals surface area contributed by atoms with Gasteiger partial charge in [-0.25, -0.2) is 4.98 Å². The van der Waals surface area contributed by atoms with Crippen molar-refractivity contribution in [2.24, 2.45) is 0 Å². The van der Waals surface area contributed by atoms with E-state index >= 15 is 0 Å². The first-order valence-electron chi connectivity index (χ1n) is 9.73. The SMILES string of the molecule is C=C=C(CCC)c1cc2c(-c3cc(C)cc(C4CCOC4)n3)cc(Cl)n2cn1. The summed E-state index contributed by atoms with van der Waals surface area (Å²) in [6.07, 6.45) is 4.70. The second-order valence-electron chi connectivity index (χ2n) is 7.33. The van der Waals surface area contributed by atoms with Gasteiger partial charge in [0.05, 0.1) is 23.5 Å². The summed E-state index contributed by atoms with van der Waals surface area (Å²) >= 11 is 6.50. The molecule has 0 aromatic carbocycles. The lowest BCUT2D eigenvalue weighted by molar-refractivity contribution is 0.193. The molecule has 3 aromatic rings. The zero-order valence-electron chi connectivity index (χ0n) is 16.3. The summed E-state index contributed by atoms with van der Waals surface area (Å²) in [5.41, 5.74) is 10.2. The summed E-state index contributed by atoms with van der Waals surface area (Å²) < 4.78 is 7.46. The summed E-state index contributed by atoms with van der Waals surface area (Å²) in [5.74, 6) is 0.361. The number of aryl methyl sites for hydroxylation is 1. The third-order valence-corrected chi connectivity index (χ3v) is 5.54. The maximum atomic E-state index is 6.50. The third-order valence-electron chi connectivity index (χ3n) is 5.25. The van der Waals surface area contributed by atoms with Crippen molar-refractivity contribution >= 4 is 22.7 Å². The lowest BCUT2D eigenvalue weighted by Crippen LogP contribution is -2.02. The fraction of sp³-hybridized carbons (Fsp3) is 0.348. The van der Waals surface area contributed by atoms with E-state index in [2.05, 4.69) is 49.3 Å². The normalized spacial score (nSPS) is 16.5. The van der Waals surface area contributed by atoms with E-state index in [9.17, 15) is 0 Å². The van der Waals surface area contributed by atoms with E-state index < -0.39 is 0 Å². The van der Waals surface area contributed by atoms with Crippen molar-refractivity contribution in [3.8, 4) is 11.3 Å². The van der Waals surface area contributed by atoms with Crippen LogP contribution in [0.4, 0.5) is 0 Å². The molecule has 0 radical (unpaired) electrons. The van der Waals surface area contributed by atoms with Gasteiger partial charge in [0, 0.05) is 29.4 Å². The maximum Gasteiger partial charge on any atom is 0.115 e. The first-order valence-corrected chi connectivity index (χ1v) is 10.1. The highest BCUT2D eigenvalue weighted by Gasteiger charge is 2.21. The number of hydrogen-bond acceptors (Lipinski definition) is 3. The molecule has 1 aliphatic rings. The number of fused-ring (bicyclic) bond motifs is 1. The summed E-state index contributed by atoms with van der Waals surface area (Å²) in [6, 6.07) is 8.31. The molecule has 5 heteroatoms. The van der Waals surface area contributed by atoms with Crippen LogP contribution in [-0.2, 0) is 4.74 Å². The Kier molecular flexibility index (Phi) is 5.36. The quantitative estimate of drug-likeness (QED) is 0.512. The van der Waals surface area contributed by atoms with Crippen LogP contribution in [0, 0.1) is 6.92 Å². The summed E-state index contributed by atoms with van der Waals surface area (Å²) in [4.78, 5) is 9.54. The molecular formula is C23H24ClN3O. The van der Waals surface area contributed by atoms with Gasteiger partial charge in [-0.05, 0) is 49.6 Å². The molecule has 0 saturated carbocycles. The van der Waals surface area contributed by atoms with Gasteiger partial charge in [-0.2, -0.15) is 0 Å². The van der Waals surface area contributed by atoms with Gasteiger partial charge in [-0.15, -0.1) is 5.73 Å². The van der Waals surface area contributed by atoms with E-state index in [-0.39, 0.29) is 0 Å². The Hall–Kier alpha value is -2.39. The highest BCUT2D eigenvalue weighted by atomic mass is 35.5. The molecule has 3 aromatic heterocycles. The molecular weight excluding hydrogens is 370 g/mol. The topological polar surface area (TPSA) is 39.4 Å². The molecule has 1 fully saturated rings. The lowest BCUT2D eigenvalue weighted by Gasteiger charge is -2.11. The number of hydrogen-bond donors (Lipinski definition) is 0. The number of rotatable bonds is 5. The molecule has 4 rings (SSSR count). The van der Waals surface area contributed by atoms with Crippen LogP contribution >= 0.6 is 11.6 Å². The van der Waals surface area contributed by atoms with E-state index in [0.717, 1.165) is 66.2 Å². The van der Waals surface area contributed by atoms with Crippen LogP contribution in [0.25, 0.3) is 22.3 Å². The number of halogens is 1. The lowest BCUT2D eigenvalue weighted by atomic mass is 10.0. The fourth-order valence-electron chi connectivity index (χ4n) is 3.80. The molecule has 1 saturated heterocycles. The Bertz CT molecular complexity index is 1070. The van der Waals surface area contributed by atoms with Crippen LogP contribution in [0.1, 0.15) is 49.1 Å². The molecule has 1 unspecified atom stereocenters. The smallest absolute Gasteiger partial charge is 0.115 e. The third kappa shape index (κ3) is 3.51. The zero-order chi connectivity index (χ0) is 19.7. The van der Waals surface area contributed by atoms with Crippen molar-refractivity contribution in [2.75, 3.05) is 13.2 Å². The van der Waals surface area contributed by atoms with Crippen LogP contribution in [0.5, 0.6) is 0 Å². The van der Waals surface area contributed by atoms with Gasteiger partial charge in [0.15, 0.2) is 0 Å². The van der Waals surface area contributed by atoms with E-state index in [4.69, 9.17) is 21.3 Å². The van der Waals surface area contributed by atoms with Gasteiger partial charge in [0.2, 0.25) is 0 Å². The second-order valence-corrected chi connectivity index (χ2v) is 7.72. The van der Waals surface area contributed by atoms with Crippen molar-refractivity contribution in [1.82, 2.24) is 14.4 Å². The van der Waals surface area contributed by atoms with Crippen LogP contribution in [0.15, 0.2) is 42.9 Å². The maximum absolute atomic E-state index is 6.50. The van der Waals surface area contributed by atoms with Gasteiger partial charge in [-0.1, -0.05) is 31.5 Å². The highest BCUT2D eigenvalue weighted by Crippen LogP contribution is 2.33. The standard InChI is InChI=1S/C23H24ClN3O/c1-4-6-16(5-2)19-12-22-18(11-23(24)27(22)14-25-19)21-10-15(3)9-20(26-21)17-7-8-28-13-17/h9-12,14,17H,2,4,6-8,13H2,1,3H3. The first kappa shape index (κ1) is 18.9. The van der Waals surface area contributed by atoms with Gasteiger partial charge < -0.3 is 4.74 Å². The van der Waals surface area contributed by atoms with Crippen molar-refractivity contribution in [2.45, 2.75) is 39.0 Å². The Morgan fingerprint density at radius 2 is 2.21 bits per heavy atom. The van der Waals surface area contributed by atoms with Crippen molar-refractivity contribution in [3.63, 3.8) is 0 Å². The van der Waals surface area contributed by atoms with Crippen molar-refractivity contribution in [1.29, 1.82) is 0 Å². The van der Waals surface area contributed by atoms with Gasteiger partial charge in [0.25, 0.3) is 0 Å². The van der Waals surface area contributed by atoms with Crippen LogP contribution in [0.2, 0.25) is 5.15 Å². The molecule has 0 aliphatic carbocycles. The van der Waals surface area contributed by atoms with Crippen LogP contribution < -0.4 is 0 Å². The summed E-state index contributed by atoms with van der Waals surface area (Å²) in [7, 11) is 0. The minimum Gasteiger partial charge on any atom is -0.381 e. The number of nitrogens with zero attached hydrogens (tertiary/aromatic N) is 3. The molecule has 4 heterocycles. The molecule has 0 amide bonds. The molecule has 0 N–H and O–H groups in total. The molecule has 4 nitrogen and oxygen atoms in total. The Labute approximate surface area is 170 Å². The first-order chi connectivity index (χ1) is 13.6. The van der Waals surface area contributed by atoms with Gasteiger partial charge >= 0.3 is 0 Å². The van der Waals surface area contributed by atoms with Crippen molar-refractivity contribution < 1.29 is 4.74 Å². The van der Waals surface area contributed by atoms with Crippen molar-refractivity contribution in [3.05, 3.63) is 65.0 Å². The predicted molar refractivity (Wildman–Crippen MR) is 114 cm³/mol. The summed E-state index contributed by atoms with van der Waals surface area (Å²) in [6.45, 7) is 9.62. The van der Waals surface area contributed by atoms with Crippen LogP contribution in [0.3, 0.4) is 0 Å². The fourth-order valence-corrected chi connectivity index (χ4v) is 4.04. The van der Waals surface area contributed by atoms with Gasteiger partial charge in [-0.3, -0.25) is 9.38 Å². The molecule has 0 bridgehead atoms. The number of pyridine rings is 1. The average Bonchev–Trinajstić information content (AvgIpc) is 3.34. The zero-order valence-corrected chi connectivity index (χ0v) is 17.1. The minimum atomic E-state index is 0.361. The Morgan fingerprint density at radius 1 is 1.36 bits per heavy atom. The minimum absolute atomic E-state index is 0.361. The predicted octanol–water partition coefficient (Wildman–Crippen LogP) is 5.83. The number of aromatic nitrogens is 3. The van der Waals surface area contributed by atoms with E-state index in [1.807, 2.05) is 10.5 Å². The molecule has 1 aliphatic heterocycles. The Morgan fingerprint density at radius 3 is 2.93 bits per heavy atom. The molecule has 0 spiro atoms. The second kappa shape index (κ2) is 7.92. The van der Waals surface area contributed by atoms with Gasteiger partial charge in [0.1, 0.15) is 11.5 Å². The monoisotopic (exact) mass is 393 g/mol. The number of ether oxygens (including phenoxy) is 1. The summed E-state index contributed by atoms with van der Waals surface area (Å²) in [5, 5.41) is 0.623.